The fourth-order valence-corrected chi connectivity index (χ4v) is 6.87. The van der Waals surface area contributed by atoms with Crippen LogP contribution in [0.4, 0.5) is 0 Å². The van der Waals surface area contributed by atoms with Gasteiger partial charge in [-0.25, -0.2) is 4.99 Å². The van der Waals surface area contributed by atoms with E-state index in [4.69, 9.17) is 15.5 Å². The summed E-state index contributed by atoms with van der Waals surface area (Å²) in [6.07, 6.45) is 7.30. The van der Waals surface area contributed by atoms with Crippen molar-refractivity contribution >= 4 is 11.9 Å². The number of hydrogen-bond acceptors (Lipinski definition) is 4. The van der Waals surface area contributed by atoms with Crippen molar-refractivity contribution < 1.29 is 9.53 Å². The number of amides is 1. The topological polar surface area (TPSA) is 67.9 Å². The van der Waals surface area contributed by atoms with Crippen LogP contribution in [0.15, 0.2) is 29.3 Å². The molecular formula is C21H27N3O2. The number of nitrogens with zero attached hydrogens (tertiary/aromatic N) is 2. The molecule has 138 valence electrons. The van der Waals surface area contributed by atoms with Gasteiger partial charge < -0.3 is 10.5 Å². The molecule has 1 aromatic rings. The average Bonchev–Trinajstić information content (AvgIpc) is 2.86. The quantitative estimate of drug-likeness (QED) is 0.908. The van der Waals surface area contributed by atoms with Gasteiger partial charge in [0, 0.05) is 12.5 Å². The second kappa shape index (κ2) is 5.24. The molecule has 6 rings (SSSR count). The molecule has 1 aromatic carbocycles. The van der Waals surface area contributed by atoms with Crippen molar-refractivity contribution in [3.8, 4) is 5.75 Å². The first-order valence-electron chi connectivity index (χ1n) is 9.75. The lowest BCUT2D eigenvalue weighted by atomic mass is 9.43. The van der Waals surface area contributed by atoms with Gasteiger partial charge in [-0.05, 0) is 74.0 Å². The Bertz CT molecular complexity index is 750. The van der Waals surface area contributed by atoms with E-state index in [-0.39, 0.29) is 11.3 Å². The molecule has 5 nitrogen and oxygen atoms in total. The van der Waals surface area contributed by atoms with Crippen LogP contribution < -0.4 is 10.5 Å². The number of hydrogen-bond donors (Lipinski definition) is 1. The predicted octanol–water partition coefficient (Wildman–Crippen LogP) is 2.89. The van der Waals surface area contributed by atoms with E-state index in [0.29, 0.717) is 5.96 Å². The SMILES string of the molecule is COc1ccc(C2(C34CC5CC(CC(C5)C3)C4)N=C(N)N(C)C2=O)cc1. The minimum Gasteiger partial charge on any atom is -0.497 e. The third kappa shape index (κ3) is 1.92. The Morgan fingerprint density at radius 1 is 1.08 bits per heavy atom. The maximum absolute atomic E-state index is 13.6. The van der Waals surface area contributed by atoms with E-state index in [0.717, 1.165) is 48.3 Å². The van der Waals surface area contributed by atoms with Crippen LogP contribution in [0.3, 0.4) is 0 Å². The molecule has 26 heavy (non-hydrogen) atoms. The molecule has 1 heterocycles. The summed E-state index contributed by atoms with van der Waals surface area (Å²) in [5.74, 6) is 3.42. The zero-order valence-electron chi connectivity index (χ0n) is 15.6. The lowest BCUT2D eigenvalue weighted by Crippen LogP contribution is -2.59. The fraction of sp³-hybridized carbons (Fsp3) is 0.619. The molecular weight excluding hydrogens is 326 g/mol. The largest absolute Gasteiger partial charge is 0.497 e. The molecule has 5 aliphatic rings. The van der Waals surface area contributed by atoms with Gasteiger partial charge in [0.1, 0.15) is 5.75 Å². The maximum Gasteiger partial charge on any atom is 0.262 e. The molecule has 2 N–H and O–H groups in total. The van der Waals surface area contributed by atoms with E-state index >= 15 is 0 Å². The third-order valence-electron chi connectivity index (χ3n) is 7.55. The summed E-state index contributed by atoms with van der Waals surface area (Å²) in [4.78, 5) is 20.1. The van der Waals surface area contributed by atoms with Crippen LogP contribution in [0.25, 0.3) is 0 Å². The zero-order valence-corrected chi connectivity index (χ0v) is 15.6. The number of aliphatic imine (C=N–C) groups is 1. The standard InChI is InChI=1S/C21H27N3O2/c1-24-18(25)21(23-19(24)22,16-3-5-17(26-2)6-4-16)20-10-13-7-14(11-20)9-15(8-13)12-20/h3-6,13-15H,7-12H2,1-2H3,(H2,22,23). The van der Waals surface area contributed by atoms with Gasteiger partial charge in [-0.15, -0.1) is 0 Å². The first kappa shape index (κ1) is 16.2. The van der Waals surface area contributed by atoms with Gasteiger partial charge in [-0.1, -0.05) is 12.1 Å². The van der Waals surface area contributed by atoms with E-state index in [2.05, 4.69) is 0 Å². The van der Waals surface area contributed by atoms with E-state index in [1.807, 2.05) is 24.3 Å². The maximum atomic E-state index is 13.6. The summed E-state index contributed by atoms with van der Waals surface area (Å²) < 4.78 is 5.33. The molecule has 1 atom stereocenters. The monoisotopic (exact) mass is 353 g/mol. The van der Waals surface area contributed by atoms with Crippen LogP contribution in [0.5, 0.6) is 5.75 Å². The van der Waals surface area contributed by atoms with Gasteiger partial charge in [-0.2, -0.15) is 0 Å². The van der Waals surface area contributed by atoms with E-state index in [1.54, 1.807) is 19.1 Å². The molecule has 0 saturated heterocycles. The lowest BCUT2D eigenvalue weighted by Gasteiger charge is -2.61. The number of nitrogens with two attached hydrogens (primary N) is 1. The Hall–Kier alpha value is -2.04. The Morgan fingerprint density at radius 3 is 2.04 bits per heavy atom. The summed E-state index contributed by atoms with van der Waals surface area (Å²) in [6, 6.07) is 7.92. The molecule has 1 unspecified atom stereocenters. The highest BCUT2D eigenvalue weighted by molar-refractivity contribution is 6.07. The first-order valence-corrected chi connectivity index (χ1v) is 9.75. The Kier molecular flexibility index (Phi) is 3.26. The van der Waals surface area contributed by atoms with Crippen LogP contribution in [-0.4, -0.2) is 30.9 Å². The highest BCUT2D eigenvalue weighted by Gasteiger charge is 2.67. The number of carbonyl (C=O) groups excluding carboxylic acids is 1. The third-order valence-corrected chi connectivity index (χ3v) is 7.55. The first-order chi connectivity index (χ1) is 12.5. The molecule has 1 amide bonds. The van der Waals surface area contributed by atoms with Crippen molar-refractivity contribution in [2.75, 3.05) is 14.2 Å². The summed E-state index contributed by atoms with van der Waals surface area (Å²) in [5, 5.41) is 0. The van der Waals surface area contributed by atoms with Crippen LogP contribution in [0.1, 0.15) is 44.1 Å². The number of guanidine groups is 1. The molecule has 0 radical (unpaired) electrons. The normalized spacial score (nSPS) is 40.8. The summed E-state index contributed by atoms with van der Waals surface area (Å²) >= 11 is 0. The highest BCUT2D eigenvalue weighted by Crippen LogP contribution is 2.67. The van der Waals surface area contributed by atoms with Gasteiger partial charge in [-0.3, -0.25) is 9.69 Å². The Balaban J connectivity index is 1.69. The number of ether oxygens (including phenoxy) is 1. The summed E-state index contributed by atoms with van der Waals surface area (Å²) in [7, 11) is 3.42. The summed E-state index contributed by atoms with van der Waals surface area (Å²) in [6.45, 7) is 0. The van der Waals surface area contributed by atoms with Crippen LogP contribution in [0, 0.1) is 23.2 Å². The van der Waals surface area contributed by atoms with Crippen molar-refractivity contribution in [1.29, 1.82) is 0 Å². The molecule has 4 aliphatic carbocycles. The Labute approximate surface area is 154 Å². The molecule has 5 heteroatoms. The fourth-order valence-electron chi connectivity index (χ4n) is 6.87. The van der Waals surface area contributed by atoms with Crippen molar-refractivity contribution in [2.24, 2.45) is 33.9 Å². The number of likely N-dealkylation sites (N-methyl/N-ethyl adjacent to an activating group) is 1. The molecule has 0 aromatic heterocycles. The number of rotatable bonds is 3. The number of carbonyl (C=O) groups is 1. The lowest BCUT2D eigenvalue weighted by molar-refractivity contribution is -0.149. The predicted molar refractivity (Wildman–Crippen MR) is 99.7 cm³/mol. The molecule has 0 spiro atoms. The van der Waals surface area contributed by atoms with Crippen molar-refractivity contribution in [1.82, 2.24) is 4.90 Å². The van der Waals surface area contributed by atoms with E-state index in [9.17, 15) is 4.79 Å². The van der Waals surface area contributed by atoms with Gasteiger partial charge in [0.25, 0.3) is 5.91 Å². The van der Waals surface area contributed by atoms with Gasteiger partial charge in [0.05, 0.1) is 7.11 Å². The van der Waals surface area contributed by atoms with E-state index < -0.39 is 5.54 Å². The Morgan fingerprint density at radius 2 is 1.62 bits per heavy atom. The average molecular weight is 353 g/mol. The zero-order chi connectivity index (χ0) is 18.1. The second-order valence-corrected chi connectivity index (χ2v) is 8.97. The second-order valence-electron chi connectivity index (χ2n) is 8.97. The molecule has 4 bridgehead atoms. The van der Waals surface area contributed by atoms with Crippen molar-refractivity contribution in [3.05, 3.63) is 29.8 Å². The van der Waals surface area contributed by atoms with Gasteiger partial charge >= 0.3 is 0 Å². The molecule has 1 aliphatic heterocycles. The van der Waals surface area contributed by atoms with Crippen LogP contribution in [-0.2, 0) is 10.3 Å². The molecule has 4 saturated carbocycles. The summed E-state index contributed by atoms with van der Waals surface area (Å²) in [5.41, 5.74) is 6.20. The van der Waals surface area contributed by atoms with Crippen LogP contribution in [0.2, 0.25) is 0 Å². The molecule has 4 fully saturated rings. The number of methoxy groups -OCH3 is 1. The minimum absolute atomic E-state index is 0.0436. The van der Waals surface area contributed by atoms with Gasteiger partial charge in [0.15, 0.2) is 11.5 Å². The van der Waals surface area contributed by atoms with Crippen LogP contribution >= 0.6 is 0 Å². The van der Waals surface area contributed by atoms with Crippen molar-refractivity contribution in [2.45, 2.75) is 44.1 Å². The smallest absolute Gasteiger partial charge is 0.262 e. The number of benzene rings is 1. The van der Waals surface area contributed by atoms with Crippen molar-refractivity contribution in [3.63, 3.8) is 0 Å². The van der Waals surface area contributed by atoms with E-state index in [1.165, 1.54) is 19.3 Å². The minimum atomic E-state index is -0.867. The van der Waals surface area contributed by atoms with Gasteiger partial charge in [0.2, 0.25) is 0 Å². The highest BCUT2D eigenvalue weighted by atomic mass is 16.5.